The molecule has 0 spiro atoms. The summed E-state index contributed by atoms with van der Waals surface area (Å²) in [5, 5.41) is 0. The Bertz CT molecular complexity index is 128. The Morgan fingerprint density at radius 3 is 1.00 bits per heavy atom. The van der Waals surface area contributed by atoms with Crippen LogP contribution in [0.3, 0.4) is 0 Å². The highest BCUT2D eigenvalue weighted by Crippen LogP contribution is 2.15. The van der Waals surface area contributed by atoms with Gasteiger partial charge in [0, 0.05) is 0 Å². The summed E-state index contributed by atoms with van der Waals surface area (Å²) in [6, 6.07) is 0. The Labute approximate surface area is 109 Å². The van der Waals surface area contributed by atoms with Crippen LogP contribution in [0.2, 0.25) is 0 Å². The van der Waals surface area contributed by atoms with Crippen LogP contribution in [0.4, 0.5) is 0 Å². The fraction of sp³-hybridized carbons (Fsp3) is 0.933. The number of carbonyl (C=O) groups is 1. The first-order chi connectivity index (χ1) is 8.08. The van der Waals surface area contributed by atoms with E-state index in [0.717, 1.165) is 0 Å². The fourth-order valence-corrected chi connectivity index (χ4v) is 1.73. The maximum atomic E-state index is 9.44. The van der Waals surface area contributed by atoms with Gasteiger partial charge in [0.05, 0.1) is 0 Å². The van der Waals surface area contributed by atoms with Gasteiger partial charge in [0.1, 0.15) is 5.78 Å². The van der Waals surface area contributed by atoms with Crippen LogP contribution in [0.15, 0.2) is 0 Å². The number of carbonyl (C=O) groups excluding carboxylic acids is 1. The van der Waals surface area contributed by atoms with Crippen molar-refractivity contribution in [3.63, 3.8) is 0 Å². The molecule has 1 aliphatic rings. The minimum atomic E-state index is 0.167. The molecule has 0 aromatic rings. The molecule has 17 heavy (non-hydrogen) atoms. The molecule has 0 amide bonds. The quantitative estimate of drug-likeness (QED) is 0.737. The topological polar surface area (TPSA) is 20.3 Å². The van der Waals surface area contributed by atoms with E-state index in [0.29, 0.717) is 0 Å². The molecule has 0 atom stereocenters. The third-order valence-electron chi connectivity index (χ3n) is 2.84. The number of nitrogens with zero attached hydrogens (tertiary/aromatic N) is 1. The van der Waals surface area contributed by atoms with Crippen LogP contribution in [0, 0.1) is 0 Å². The summed E-state index contributed by atoms with van der Waals surface area (Å²) in [7, 11) is 0. The van der Waals surface area contributed by atoms with Gasteiger partial charge in [-0.15, -0.1) is 0 Å². The average molecular weight is 243 g/mol. The summed E-state index contributed by atoms with van der Waals surface area (Å²) in [6.07, 6.45) is 9.00. The predicted octanol–water partition coefficient (Wildman–Crippen LogP) is 4.28. The molecule has 0 aromatic heterocycles. The van der Waals surface area contributed by atoms with E-state index >= 15 is 0 Å². The van der Waals surface area contributed by atoms with Gasteiger partial charge in [-0.1, -0.05) is 59.3 Å². The highest BCUT2D eigenvalue weighted by molar-refractivity contribution is 5.72. The minimum absolute atomic E-state index is 0.167. The first-order valence-corrected chi connectivity index (χ1v) is 7.27. The average Bonchev–Trinajstić information content (AvgIpc) is 2.34. The molecule has 1 rings (SSSR count). The monoisotopic (exact) mass is 243 g/mol. The molecule has 1 saturated carbocycles. The highest BCUT2D eigenvalue weighted by atomic mass is 16.1. The van der Waals surface area contributed by atoms with Crippen molar-refractivity contribution in [2.75, 3.05) is 19.6 Å². The van der Waals surface area contributed by atoms with E-state index in [-0.39, 0.29) is 5.78 Å². The zero-order valence-corrected chi connectivity index (χ0v) is 12.7. The van der Waals surface area contributed by atoms with Crippen molar-refractivity contribution in [2.24, 2.45) is 0 Å². The lowest BCUT2D eigenvalue weighted by molar-refractivity contribution is -0.114. The first kappa shape index (κ1) is 19.0. The van der Waals surface area contributed by atoms with Crippen molar-refractivity contribution >= 4 is 5.78 Å². The molecule has 2 heteroatoms. The van der Waals surface area contributed by atoms with Gasteiger partial charge >= 0.3 is 0 Å². The number of ketones is 1. The summed E-state index contributed by atoms with van der Waals surface area (Å²) in [5.74, 6) is 0.167. The van der Waals surface area contributed by atoms with E-state index in [1.807, 2.05) is 0 Å². The lowest BCUT2D eigenvalue weighted by Crippen LogP contribution is -2.21. The largest absolute Gasteiger partial charge is 0.304 e. The molecule has 0 bridgehead atoms. The molecule has 0 unspecified atom stereocenters. The molecule has 1 aliphatic carbocycles. The van der Waals surface area contributed by atoms with Gasteiger partial charge in [-0.2, -0.15) is 0 Å². The Kier molecular flexibility index (Phi) is 17.5. The van der Waals surface area contributed by atoms with E-state index in [1.54, 1.807) is 0 Å². The third kappa shape index (κ3) is 21.5. The second-order valence-electron chi connectivity index (χ2n) is 4.65. The summed E-state index contributed by atoms with van der Waals surface area (Å²) < 4.78 is 0. The molecule has 2 nitrogen and oxygen atoms in total. The lowest BCUT2D eigenvalue weighted by atomic mass is 10.0. The van der Waals surface area contributed by atoms with Crippen molar-refractivity contribution in [3.05, 3.63) is 0 Å². The summed E-state index contributed by atoms with van der Waals surface area (Å²) in [6.45, 7) is 13.2. The van der Waals surface area contributed by atoms with E-state index in [2.05, 4.69) is 25.7 Å². The van der Waals surface area contributed by atoms with Crippen molar-refractivity contribution < 1.29 is 4.79 Å². The van der Waals surface area contributed by atoms with Crippen LogP contribution < -0.4 is 0 Å². The van der Waals surface area contributed by atoms with Crippen molar-refractivity contribution in [1.29, 1.82) is 0 Å². The van der Waals surface area contributed by atoms with Gasteiger partial charge in [-0.3, -0.25) is 0 Å². The van der Waals surface area contributed by atoms with Crippen LogP contribution in [-0.2, 0) is 4.79 Å². The molecule has 0 radical (unpaired) electrons. The number of rotatable bonds is 3. The summed E-state index contributed by atoms with van der Waals surface area (Å²) in [4.78, 5) is 11.8. The normalized spacial score (nSPS) is 14.2. The maximum absolute atomic E-state index is 9.44. The standard InChI is InChI=1S/C6H15N.C6H12.C3H6O/c1-4-7(5-2)6-3;1-2-4-6-5-3-1;1-3(2)4/h4-6H2,1-3H3;1-6H2;1-2H3. The van der Waals surface area contributed by atoms with Gasteiger partial charge in [0.25, 0.3) is 0 Å². The maximum Gasteiger partial charge on any atom is 0.126 e. The van der Waals surface area contributed by atoms with Crippen LogP contribution in [0.1, 0.15) is 73.1 Å². The summed E-state index contributed by atoms with van der Waals surface area (Å²) >= 11 is 0. The molecule has 1 fully saturated rings. The van der Waals surface area contributed by atoms with Gasteiger partial charge in [-0.05, 0) is 33.5 Å². The molecule has 0 saturated heterocycles. The van der Waals surface area contributed by atoms with E-state index in [4.69, 9.17) is 0 Å². The predicted molar refractivity (Wildman–Crippen MR) is 77.5 cm³/mol. The second kappa shape index (κ2) is 15.6. The Hall–Kier alpha value is -0.370. The molecular formula is C15H33NO. The Morgan fingerprint density at radius 1 is 0.765 bits per heavy atom. The molecule has 0 aliphatic heterocycles. The molecule has 0 heterocycles. The van der Waals surface area contributed by atoms with E-state index in [1.165, 1.54) is 72.0 Å². The minimum Gasteiger partial charge on any atom is -0.304 e. The van der Waals surface area contributed by atoms with Crippen LogP contribution in [0.5, 0.6) is 0 Å². The zero-order valence-electron chi connectivity index (χ0n) is 12.7. The van der Waals surface area contributed by atoms with Gasteiger partial charge in [-0.25, -0.2) is 0 Å². The van der Waals surface area contributed by atoms with E-state index in [9.17, 15) is 4.79 Å². The zero-order chi connectivity index (χ0) is 13.5. The van der Waals surface area contributed by atoms with Crippen LogP contribution >= 0.6 is 0 Å². The van der Waals surface area contributed by atoms with Crippen molar-refractivity contribution in [3.8, 4) is 0 Å². The van der Waals surface area contributed by atoms with Crippen molar-refractivity contribution in [2.45, 2.75) is 73.1 Å². The SMILES string of the molecule is C1CCCCC1.CC(C)=O.CCN(CC)CC. The molecule has 0 N–H and O–H groups in total. The van der Waals surface area contributed by atoms with E-state index < -0.39 is 0 Å². The molecule has 0 aromatic carbocycles. The number of hydrogen-bond acceptors (Lipinski definition) is 2. The highest BCUT2D eigenvalue weighted by Gasteiger charge is 1.95. The van der Waals surface area contributed by atoms with Crippen LogP contribution in [-0.4, -0.2) is 30.3 Å². The smallest absolute Gasteiger partial charge is 0.126 e. The first-order valence-electron chi connectivity index (χ1n) is 7.27. The number of Topliss-reactive ketones (excluding diaryl/α,β-unsaturated/α-hetero) is 1. The third-order valence-corrected chi connectivity index (χ3v) is 2.84. The van der Waals surface area contributed by atoms with Crippen molar-refractivity contribution in [1.82, 2.24) is 4.90 Å². The number of hydrogen-bond donors (Lipinski definition) is 0. The van der Waals surface area contributed by atoms with Crippen LogP contribution in [0.25, 0.3) is 0 Å². The summed E-state index contributed by atoms with van der Waals surface area (Å²) in [5.41, 5.74) is 0. The van der Waals surface area contributed by atoms with Gasteiger partial charge < -0.3 is 9.69 Å². The Balaban J connectivity index is 0. The van der Waals surface area contributed by atoms with Gasteiger partial charge in [0.15, 0.2) is 0 Å². The second-order valence-corrected chi connectivity index (χ2v) is 4.65. The molecular weight excluding hydrogens is 210 g/mol. The Morgan fingerprint density at radius 2 is 0.941 bits per heavy atom. The molecule has 104 valence electrons. The fourth-order valence-electron chi connectivity index (χ4n) is 1.73. The lowest BCUT2D eigenvalue weighted by Gasteiger charge is -2.13. The van der Waals surface area contributed by atoms with Gasteiger partial charge in [0.2, 0.25) is 0 Å².